The van der Waals surface area contributed by atoms with Gasteiger partial charge < -0.3 is 14.6 Å². The molecule has 2 rings (SSSR count). The fraction of sp³-hybridized carbons (Fsp3) is 0.188. The molecular formula is C16H15ClO4. The number of carboxylic acid groups (broad SMARTS) is 1. The molecule has 0 aliphatic heterocycles. The van der Waals surface area contributed by atoms with E-state index in [4.69, 9.17) is 26.2 Å². The SMILES string of the molecule is Cc1ccc(C(=O)O)cc1OCCOc1cccc(Cl)c1. The zero-order valence-corrected chi connectivity index (χ0v) is 12.3. The molecule has 21 heavy (non-hydrogen) atoms. The summed E-state index contributed by atoms with van der Waals surface area (Å²) >= 11 is 5.85. The van der Waals surface area contributed by atoms with Gasteiger partial charge in [-0.1, -0.05) is 23.7 Å². The fourth-order valence-corrected chi connectivity index (χ4v) is 1.94. The number of carbonyl (C=O) groups is 1. The Kier molecular flexibility index (Phi) is 5.06. The molecule has 1 N–H and O–H groups in total. The fourth-order valence-electron chi connectivity index (χ4n) is 1.76. The van der Waals surface area contributed by atoms with E-state index in [0.717, 1.165) is 5.56 Å². The Morgan fingerprint density at radius 1 is 1.14 bits per heavy atom. The first-order valence-corrected chi connectivity index (χ1v) is 6.79. The third-order valence-electron chi connectivity index (χ3n) is 2.84. The van der Waals surface area contributed by atoms with Gasteiger partial charge in [0.2, 0.25) is 0 Å². The molecule has 4 nitrogen and oxygen atoms in total. The van der Waals surface area contributed by atoms with E-state index in [2.05, 4.69) is 0 Å². The van der Waals surface area contributed by atoms with Crippen LogP contribution >= 0.6 is 11.6 Å². The number of benzene rings is 2. The number of halogens is 1. The molecule has 0 spiro atoms. The van der Waals surface area contributed by atoms with E-state index < -0.39 is 5.97 Å². The zero-order chi connectivity index (χ0) is 15.2. The van der Waals surface area contributed by atoms with Crippen molar-refractivity contribution in [3.8, 4) is 11.5 Å². The molecule has 0 radical (unpaired) electrons. The highest BCUT2D eigenvalue weighted by Crippen LogP contribution is 2.20. The van der Waals surface area contributed by atoms with Crippen molar-refractivity contribution >= 4 is 17.6 Å². The average molecular weight is 307 g/mol. The van der Waals surface area contributed by atoms with Crippen molar-refractivity contribution in [1.29, 1.82) is 0 Å². The molecule has 0 unspecified atom stereocenters. The van der Waals surface area contributed by atoms with Crippen LogP contribution < -0.4 is 9.47 Å². The lowest BCUT2D eigenvalue weighted by Crippen LogP contribution is -2.10. The molecule has 2 aromatic rings. The van der Waals surface area contributed by atoms with E-state index in [-0.39, 0.29) is 5.56 Å². The number of carboxylic acids is 1. The van der Waals surface area contributed by atoms with Crippen LogP contribution in [0.1, 0.15) is 15.9 Å². The van der Waals surface area contributed by atoms with Crippen LogP contribution in [0.4, 0.5) is 0 Å². The summed E-state index contributed by atoms with van der Waals surface area (Å²) in [7, 11) is 0. The number of ether oxygens (including phenoxy) is 2. The molecule has 0 atom stereocenters. The lowest BCUT2D eigenvalue weighted by atomic mass is 10.1. The minimum Gasteiger partial charge on any atom is -0.490 e. The summed E-state index contributed by atoms with van der Waals surface area (Å²) in [6.45, 7) is 2.52. The first kappa shape index (κ1) is 15.2. The molecule has 0 fully saturated rings. The molecule has 0 saturated heterocycles. The summed E-state index contributed by atoms with van der Waals surface area (Å²) in [5.41, 5.74) is 1.08. The Morgan fingerprint density at radius 2 is 1.90 bits per heavy atom. The molecule has 0 aromatic heterocycles. The molecule has 0 saturated carbocycles. The number of hydrogen-bond acceptors (Lipinski definition) is 3. The molecule has 0 aliphatic carbocycles. The summed E-state index contributed by atoms with van der Waals surface area (Å²) in [5.74, 6) is 0.238. The van der Waals surface area contributed by atoms with Crippen LogP contribution in [0.5, 0.6) is 11.5 Å². The number of aromatic carboxylic acids is 1. The lowest BCUT2D eigenvalue weighted by molar-refractivity contribution is 0.0696. The number of aryl methyl sites for hydroxylation is 1. The Hall–Kier alpha value is -2.20. The summed E-state index contributed by atoms with van der Waals surface area (Å²) in [4.78, 5) is 10.9. The third-order valence-corrected chi connectivity index (χ3v) is 3.08. The molecule has 5 heteroatoms. The predicted molar refractivity (Wildman–Crippen MR) is 80.6 cm³/mol. The zero-order valence-electron chi connectivity index (χ0n) is 11.5. The van der Waals surface area contributed by atoms with Crippen molar-refractivity contribution in [2.75, 3.05) is 13.2 Å². The molecule has 0 amide bonds. The summed E-state index contributed by atoms with van der Waals surface area (Å²) in [5, 5.41) is 9.56. The van der Waals surface area contributed by atoms with E-state index in [9.17, 15) is 4.79 Å². The second-order valence-electron chi connectivity index (χ2n) is 4.44. The maximum Gasteiger partial charge on any atom is 0.335 e. The van der Waals surface area contributed by atoms with E-state index >= 15 is 0 Å². The maximum absolute atomic E-state index is 10.9. The van der Waals surface area contributed by atoms with Crippen molar-refractivity contribution < 1.29 is 19.4 Å². The second-order valence-corrected chi connectivity index (χ2v) is 4.88. The van der Waals surface area contributed by atoms with Gasteiger partial charge in [0, 0.05) is 5.02 Å². The van der Waals surface area contributed by atoms with Crippen LogP contribution in [0.3, 0.4) is 0 Å². The number of rotatable bonds is 6. The van der Waals surface area contributed by atoms with E-state index in [1.54, 1.807) is 30.3 Å². The lowest BCUT2D eigenvalue weighted by Gasteiger charge is -2.11. The van der Waals surface area contributed by atoms with Crippen LogP contribution in [0.2, 0.25) is 5.02 Å². The van der Waals surface area contributed by atoms with Gasteiger partial charge in [0.1, 0.15) is 24.7 Å². The van der Waals surface area contributed by atoms with E-state index in [1.165, 1.54) is 6.07 Å². The summed E-state index contributed by atoms with van der Waals surface area (Å²) < 4.78 is 11.1. The van der Waals surface area contributed by atoms with Crippen molar-refractivity contribution in [2.24, 2.45) is 0 Å². The van der Waals surface area contributed by atoms with Gasteiger partial charge >= 0.3 is 5.97 Å². The van der Waals surface area contributed by atoms with Crippen LogP contribution in [0.15, 0.2) is 42.5 Å². The molecule has 0 aliphatic rings. The maximum atomic E-state index is 10.9. The molecule has 2 aromatic carbocycles. The van der Waals surface area contributed by atoms with Gasteiger partial charge in [0.05, 0.1) is 5.56 Å². The van der Waals surface area contributed by atoms with Crippen molar-refractivity contribution in [3.05, 3.63) is 58.6 Å². The molecule has 0 heterocycles. The Morgan fingerprint density at radius 3 is 2.62 bits per heavy atom. The van der Waals surface area contributed by atoms with Crippen molar-refractivity contribution in [1.82, 2.24) is 0 Å². The van der Waals surface area contributed by atoms with Crippen LogP contribution in [0, 0.1) is 6.92 Å². The van der Waals surface area contributed by atoms with Crippen molar-refractivity contribution in [2.45, 2.75) is 6.92 Å². The van der Waals surface area contributed by atoms with Crippen LogP contribution in [0.25, 0.3) is 0 Å². The quantitative estimate of drug-likeness (QED) is 0.825. The summed E-state index contributed by atoms with van der Waals surface area (Å²) in [6, 6.07) is 11.9. The van der Waals surface area contributed by atoms with E-state index in [0.29, 0.717) is 29.7 Å². The van der Waals surface area contributed by atoms with Gasteiger partial charge in [-0.05, 0) is 42.8 Å². The second kappa shape index (κ2) is 6.99. The van der Waals surface area contributed by atoms with Gasteiger partial charge in [-0.3, -0.25) is 0 Å². The molecule has 0 bridgehead atoms. The van der Waals surface area contributed by atoms with Gasteiger partial charge in [-0.15, -0.1) is 0 Å². The Balaban J connectivity index is 1.88. The first-order chi connectivity index (χ1) is 10.1. The van der Waals surface area contributed by atoms with Gasteiger partial charge in [0.25, 0.3) is 0 Å². The predicted octanol–water partition coefficient (Wildman–Crippen LogP) is 3.80. The highest BCUT2D eigenvalue weighted by molar-refractivity contribution is 6.30. The van der Waals surface area contributed by atoms with Gasteiger partial charge in [-0.25, -0.2) is 4.79 Å². The summed E-state index contributed by atoms with van der Waals surface area (Å²) in [6.07, 6.45) is 0. The molecule has 110 valence electrons. The Labute approximate surface area is 127 Å². The Bertz CT molecular complexity index is 640. The van der Waals surface area contributed by atoms with Crippen LogP contribution in [-0.2, 0) is 0 Å². The first-order valence-electron chi connectivity index (χ1n) is 6.41. The standard InChI is InChI=1S/C16H15ClO4/c1-11-5-6-12(16(18)19)9-15(11)21-8-7-20-14-4-2-3-13(17)10-14/h2-6,9-10H,7-8H2,1H3,(H,18,19). The minimum atomic E-state index is -0.977. The van der Waals surface area contributed by atoms with Crippen molar-refractivity contribution in [3.63, 3.8) is 0 Å². The topological polar surface area (TPSA) is 55.8 Å². The number of hydrogen-bond donors (Lipinski definition) is 1. The van der Waals surface area contributed by atoms with Gasteiger partial charge in [0.15, 0.2) is 0 Å². The third kappa shape index (κ3) is 4.39. The average Bonchev–Trinajstić information content (AvgIpc) is 2.45. The van der Waals surface area contributed by atoms with E-state index in [1.807, 2.05) is 13.0 Å². The van der Waals surface area contributed by atoms with Gasteiger partial charge in [-0.2, -0.15) is 0 Å². The minimum absolute atomic E-state index is 0.200. The highest BCUT2D eigenvalue weighted by atomic mass is 35.5. The smallest absolute Gasteiger partial charge is 0.335 e. The normalized spacial score (nSPS) is 10.2. The van der Waals surface area contributed by atoms with Crippen LogP contribution in [-0.4, -0.2) is 24.3 Å². The monoisotopic (exact) mass is 306 g/mol. The highest BCUT2D eigenvalue weighted by Gasteiger charge is 2.07. The largest absolute Gasteiger partial charge is 0.490 e. The molecular weight excluding hydrogens is 292 g/mol.